The van der Waals surface area contributed by atoms with Gasteiger partial charge < -0.3 is 15.2 Å². The molecule has 0 saturated carbocycles. The second kappa shape index (κ2) is 7.67. The number of hydrogen-bond donors (Lipinski definition) is 2. The van der Waals surface area contributed by atoms with Crippen LogP contribution in [0.25, 0.3) is 0 Å². The van der Waals surface area contributed by atoms with Crippen molar-refractivity contribution in [1.82, 2.24) is 0 Å². The SMILES string of the molecule is COc1ccc(NS(=O)(=O)c2cccc(C(=O)OCC(N)=O)c2)cc1. The number of amides is 1. The van der Waals surface area contributed by atoms with Gasteiger partial charge in [-0.05, 0) is 42.5 Å². The third-order valence-corrected chi connectivity index (χ3v) is 4.45. The van der Waals surface area contributed by atoms with Crippen LogP contribution in [0.4, 0.5) is 5.69 Å². The number of anilines is 1. The van der Waals surface area contributed by atoms with Gasteiger partial charge in [0.25, 0.3) is 15.9 Å². The molecule has 9 heteroatoms. The van der Waals surface area contributed by atoms with Gasteiger partial charge in [0.1, 0.15) is 5.75 Å². The highest BCUT2D eigenvalue weighted by atomic mass is 32.2. The van der Waals surface area contributed by atoms with Crippen molar-refractivity contribution in [2.45, 2.75) is 4.90 Å². The summed E-state index contributed by atoms with van der Waals surface area (Å²) in [6.45, 7) is -0.583. The molecule has 0 aliphatic heterocycles. The molecule has 8 nitrogen and oxygen atoms in total. The Morgan fingerprint density at radius 3 is 2.40 bits per heavy atom. The molecule has 0 heterocycles. The van der Waals surface area contributed by atoms with E-state index in [-0.39, 0.29) is 10.5 Å². The van der Waals surface area contributed by atoms with E-state index in [2.05, 4.69) is 9.46 Å². The lowest BCUT2D eigenvalue weighted by Crippen LogP contribution is -2.21. The van der Waals surface area contributed by atoms with Gasteiger partial charge in [0.05, 0.1) is 17.6 Å². The maximum atomic E-state index is 12.4. The summed E-state index contributed by atoms with van der Waals surface area (Å²) >= 11 is 0. The highest BCUT2D eigenvalue weighted by Gasteiger charge is 2.17. The molecule has 2 rings (SSSR count). The molecular weight excluding hydrogens is 348 g/mol. The van der Waals surface area contributed by atoms with E-state index in [1.165, 1.54) is 25.3 Å². The molecule has 0 atom stereocenters. The van der Waals surface area contributed by atoms with E-state index in [9.17, 15) is 18.0 Å². The molecule has 1 amide bonds. The number of methoxy groups -OCH3 is 1. The summed E-state index contributed by atoms with van der Waals surface area (Å²) in [5.74, 6) is -1.07. The zero-order valence-corrected chi connectivity index (χ0v) is 14.1. The minimum absolute atomic E-state index is 0.0149. The van der Waals surface area contributed by atoms with Crippen LogP contribution < -0.4 is 15.2 Å². The highest BCUT2D eigenvalue weighted by Crippen LogP contribution is 2.20. The monoisotopic (exact) mass is 364 g/mol. The normalized spacial score (nSPS) is 10.8. The van der Waals surface area contributed by atoms with E-state index >= 15 is 0 Å². The van der Waals surface area contributed by atoms with Gasteiger partial charge in [0.2, 0.25) is 0 Å². The number of primary amides is 1. The number of sulfonamides is 1. The lowest BCUT2D eigenvalue weighted by molar-refractivity contribution is -0.121. The third-order valence-electron chi connectivity index (χ3n) is 3.07. The van der Waals surface area contributed by atoms with Crippen molar-refractivity contribution in [2.75, 3.05) is 18.4 Å². The molecule has 0 unspecified atom stereocenters. The van der Waals surface area contributed by atoms with Crippen LogP contribution in [0.2, 0.25) is 0 Å². The van der Waals surface area contributed by atoms with E-state index < -0.39 is 28.5 Å². The molecular formula is C16H16N2O6S. The average molecular weight is 364 g/mol. The molecule has 0 radical (unpaired) electrons. The van der Waals surface area contributed by atoms with Crippen molar-refractivity contribution >= 4 is 27.6 Å². The fourth-order valence-corrected chi connectivity index (χ4v) is 2.99. The van der Waals surface area contributed by atoms with Crippen molar-refractivity contribution in [1.29, 1.82) is 0 Å². The molecule has 0 spiro atoms. The summed E-state index contributed by atoms with van der Waals surface area (Å²) in [5.41, 5.74) is 5.21. The third kappa shape index (κ3) is 4.95. The number of nitrogens with two attached hydrogens (primary N) is 1. The molecule has 0 aliphatic rings. The summed E-state index contributed by atoms with van der Waals surface area (Å²) in [6.07, 6.45) is 0. The number of esters is 1. The topological polar surface area (TPSA) is 125 Å². The first-order chi connectivity index (χ1) is 11.8. The first kappa shape index (κ1) is 18.3. The fraction of sp³-hybridized carbons (Fsp3) is 0.125. The predicted octanol–water partition coefficient (Wildman–Crippen LogP) is 1.14. The van der Waals surface area contributed by atoms with E-state index in [0.29, 0.717) is 11.4 Å². The summed E-state index contributed by atoms with van der Waals surface area (Å²) in [4.78, 5) is 22.3. The summed E-state index contributed by atoms with van der Waals surface area (Å²) in [7, 11) is -2.41. The number of rotatable bonds is 7. The molecule has 0 bridgehead atoms. The summed E-state index contributed by atoms with van der Waals surface area (Å²) < 4.78 is 36.9. The van der Waals surface area contributed by atoms with Crippen LogP contribution in [0.1, 0.15) is 10.4 Å². The Kier molecular flexibility index (Phi) is 5.60. The molecule has 2 aromatic rings. The largest absolute Gasteiger partial charge is 0.497 e. The second-order valence-corrected chi connectivity index (χ2v) is 6.59. The van der Waals surface area contributed by atoms with Crippen LogP contribution in [0.5, 0.6) is 5.75 Å². The molecule has 0 aliphatic carbocycles. The number of carbonyl (C=O) groups is 2. The van der Waals surface area contributed by atoms with Crippen LogP contribution in [-0.4, -0.2) is 34.0 Å². The van der Waals surface area contributed by atoms with E-state index in [4.69, 9.17) is 10.5 Å². The standard InChI is InChI=1S/C16H16N2O6S/c1-23-13-7-5-12(6-8-13)18-25(21,22)14-4-2-3-11(9-14)16(20)24-10-15(17)19/h2-9,18H,10H2,1H3,(H2,17,19). The number of ether oxygens (including phenoxy) is 2. The molecule has 0 fully saturated rings. The Balaban J connectivity index is 2.19. The number of benzene rings is 2. The Bertz CT molecular complexity index is 878. The Morgan fingerprint density at radius 1 is 1.12 bits per heavy atom. The van der Waals surface area contributed by atoms with Gasteiger partial charge in [-0.25, -0.2) is 13.2 Å². The van der Waals surface area contributed by atoms with E-state index in [1.807, 2.05) is 0 Å². The van der Waals surface area contributed by atoms with Crippen molar-refractivity contribution in [3.05, 3.63) is 54.1 Å². The maximum absolute atomic E-state index is 12.4. The number of nitrogens with one attached hydrogen (secondary N) is 1. The molecule has 3 N–H and O–H groups in total. The molecule has 25 heavy (non-hydrogen) atoms. The van der Waals surface area contributed by atoms with Gasteiger partial charge in [0, 0.05) is 5.69 Å². The maximum Gasteiger partial charge on any atom is 0.338 e. The van der Waals surface area contributed by atoms with E-state index in [1.54, 1.807) is 24.3 Å². The quantitative estimate of drug-likeness (QED) is 0.710. The molecule has 0 saturated heterocycles. The minimum Gasteiger partial charge on any atom is -0.497 e. The zero-order valence-electron chi connectivity index (χ0n) is 13.3. The molecule has 0 aromatic heterocycles. The second-order valence-electron chi connectivity index (χ2n) is 4.90. The highest BCUT2D eigenvalue weighted by molar-refractivity contribution is 7.92. The van der Waals surface area contributed by atoms with Crippen molar-refractivity contribution in [3.63, 3.8) is 0 Å². The van der Waals surface area contributed by atoms with Crippen molar-refractivity contribution in [3.8, 4) is 5.75 Å². The van der Waals surface area contributed by atoms with Gasteiger partial charge >= 0.3 is 5.97 Å². The first-order valence-electron chi connectivity index (χ1n) is 7.04. The lowest BCUT2D eigenvalue weighted by Gasteiger charge is -2.10. The Hall–Kier alpha value is -3.07. The fourth-order valence-electron chi connectivity index (χ4n) is 1.88. The lowest BCUT2D eigenvalue weighted by atomic mass is 10.2. The van der Waals surface area contributed by atoms with Crippen LogP contribution in [-0.2, 0) is 19.6 Å². The van der Waals surface area contributed by atoms with Gasteiger partial charge in [-0.1, -0.05) is 6.07 Å². The van der Waals surface area contributed by atoms with Gasteiger partial charge in [-0.3, -0.25) is 9.52 Å². The van der Waals surface area contributed by atoms with Crippen LogP contribution in [0, 0.1) is 0 Å². The minimum atomic E-state index is -3.91. The molecule has 2 aromatic carbocycles. The zero-order chi connectivity index (χ0) is 18.4. The van der Waals surface area contributed by atoms with Crippen molar-refractivity contribution < 1.29 is 27.5 Å². The Morgan fingerprint density at radius 2 is 1.80 bits per heavy atom. The van der Waals surface area contributed by atoms with Gasteiger partial charge in [-0.15, -0.1) is 0 Å². The summed E-state index contributed by atoms with van der Waals surface area (Å²) in [5, 5.41) is 0. The Labute approximate surface area is 144 Å². The van der Waals surface area contributed by atoms with Crippen molar-refractivity contribution in [2.24, 2.45) is 5.73 Å². The van der Waals surface area contributed by atoms with Gasteiger partial charge in [0.15, 0.2) is 6.61 Å². The van der Waals surface area contributed by atoms with Crippen LogP contribution in [0.15, 0.2) is 53.4 Å². The summed E-state index contributed by atoms with van der Waals surface area (Å²) in [6, 6.07) is 11.5. The molecule has 132 valence electrons. The average Bonchev–Trinajstić information content (AvgIpc) is 2.60. The smallest absolute Gasteiger partial charge is 0.338 e. The first-order valence-corrected chi connectivity index (χ1v) is 8.52. The van der Waals surface area contributed by atoms with Crippen LogP contribution >= 0.6 is 0 Å². The number of carbonyl (C=O) groups excluding carboxylic acids is 2. The number of hydrogen-bond acceptors (Lipinski definition) is 6. The van der Waals surface area contributed by atoms with E-state index in [0.717, 1.165) is 6.07 Å². The van der Waals surface area contributed by atoms with Gasteiger partial charge in [-0.2, -0.15) is 0 Å². The predicted molar refractivity (Wildman–Crippen MR) is 89.7 cm³/mol. The van der Waals surface area contributed by atoms with Crippen LogP contribution in [0.3, 0.4) is 0 Å².